The molecule has 0 spiro atoms. The molecule has 16 heavy (non-hydrogen) atoms. The SMILES string of the molecule is COc1ccc(NCC2CCCNC2)cn1. The molecule has 1 fully saturated rings. The number of aromatic nitrogens is 1. The summed E-state index contributed by atoms with van der Waals surface area (Å²) < 4.78 is 5.01. The largest absolute Gasteiger partial charge is 0.481 e. The number of nitrogens with one attached hydrogen (secondary N) is 2. The van der Waals surface area contributed by atoms with E-state index < -0.39 is 0 Å². The average Bonchev–Trinajstić information content (AvgIpc) is 2.38. The Kier molecular flexibility index (Phi) is 3.99. The fourth-order valence-electron chi connectivity index (χ4n) is 1.97. The first-order valence-electron chi connectivity index (χ1n) is 5.83. The lowest BCUT2D eigenvalue weighted by Crippen LogP contribution is -2.33. The van der Waals surface area contributed by atoms with Crippen LogP contribution in [0, 0.1) is 5.92 Å². The molecule has 4 heteroatoms. The summed E-state index contributed by atoms with van der Waals surface area (Å²) in [7, 11) is 1.63. The van der Waals surface area contributed by atoms with E-state index in [4.69, 9.17) is 4.74 Å². The molecule has 0 aliphatic carbocycles. The fourth-order valence-corrected chi connectivity index (χ4v) is 1.97. The number of anilines is 1. The van der Waals surface area contributed by atoms with Gasteiger partial charge in [-0.1, -0.05) is 0 Å². The number of hydrogen-bond donors (Lipinski definition) is 2. The number of pyridine rings is 1. The molecule has 0 amide bonds. The molecule has 0 bridgehead atoms. The van der Waals surface area contributed by atoms with Gasteiger partial charge in [-0.2, -0.15) is 0 Å². The summed E-state index contributed by atoms with van der Waals surface area (Å²) in [6, 6.07) is 3.88. The van der Waals surface area contributed by atoms with E-state index in [1.54, 1.807) is 7.11 Å². The highest BCUT2D eigenvalue weighted by Gasteiger charge is 2.12. The fraction of sp³-hybridized carbons (Fsp3) is 0.583. The van der Waals surface area contributed by atoms with Crippen molar-refractivity contribution < 1.29 is 4.74 Å². The summed E-state index contributed by atoms with van der Waals surface area (Å²) in [4.78, 5) is 4.16. The third-order valence-corrected chi connectivity index (χ3v) is 2.94. The van der Waals surface area contributed by atoms with Crippen LogP contribution < -0.4 is 15.4 Å². The second kappa shape index (κ2) is 5.70. The molecule has 4 nitrogen and oxygen atoms in total. The zero-order chi connectivity index (χ0) is 11.2. The maximum absolute atomic E-state index is 5.01. The molecular weight excluding hydrogens is 202 g/mol. The Labute approximate surface area is 96.4 Å². The van der Waals surface area contributed by atoms with Gasteiger partial charge in [-0.3, -0.25) is 0 Å². The normalized spacial score (nSPS) is 20.4. The molecule has 2 N–H and O–H groups in total. The van der Waals surface area contributed by atoms with Gasteiger partial charge >= 0.3 is 0 Å². The first-order chi connectivity index (χ1) is 7.88. The van der Waals surface area contributed by atoms with Crippen LogP contribution in [0.5, 0.6) is 5.88 Å². The summed E-state index contributed by atoms with van der Waals surface area (Å²) in [5.41, 5.74) is 1.06. The van der Waals surface area contributed by atoms with E-state index in [9.17, 15) is 0 Å². The summed E-state index contributed by atoms with van der Waals surface area (Å²) in [6.07, 6.45) is 4.41. The highest BCUT2D eigenvalue weighted by atomic mass is 16.5. The van der Waals surface area contributed by atoms with Crippen molar-refractivity contribution in [1.29, 1.82) is 0 Å². The van der Waals surface area contributed by atoms with Gasteiger partial charge in [0.1, 0.15) is 0 Å². The van der Waals surface area contributed by atoms with Gasteiger partial charge in [0.15, 0.2) is 0 Å². The van der Waals surface area contributed by atoms with Gasteiger partial charge in [0.25, 0.3) is 0 Å². The van der Waals surface area contributed by atoms with Crippen LogP contribution in [-0.2, 0) is 0 Å². The van der Waals surface area contributed by atoms with Crippen molar-refractivity contribution in [3.05, 3.63) is 18.3 Å². The summed E-state index contributed by atoms with van der Waals surface area (Å²) in [5, 5.41) is 6.82. The molecular formula is C12H19N3O. The van der Waals surface area contributed by atoms with Crippen LogP contribution in [0.2, 0.25) is 0 Å². The predicted octanol–water partition coefficient (Wildman–Crippen LogP) is 1.50. The van der Waals surface area contributed by atoms with Gasteiger partial charge in [-0.05, 0) is 37.9 Å². The lowest BCUT2D eigenvalue weighted by molar-refractivity contribution is 0.392. The topological polar surface area (TPSA) is 46.2 Å². The minimum atomic E-state index is 0.657. The Morgan fingerprint density at radius 2 is 2.50 bits per heavy atom. The van der Waals surface area contributed by atoms with Gasteiger partial charge < -0.3 is 15.4 Å². The summed E-state index contributed by atoms with van der Waals surface area (Å²) >= 11 is 0. The minimum absolute atomic E-state index is 0.657. The van der Waals surface area contributed by atoms with Crippen molar-refractivity contribution in [2.24, 2.45) is 5.92 Å². The van der Waals surface area contributed by atoms with Gasteiger partial charge in [0.05, 0.1) is 19.0 Å². The Bertz CT molecular complexity index is 307. The molecule has 0 saturated carbocycles. The third-order valence-electron chi connectivity index (χ3n) is 2.94. The Balaban J connectivity index is 1.79. The second-order valence-corrected chi connectivity index (χ2v) is 4.18. The number of rotatable bonds is 4. The molecule has 1 saturated heterocycles. The maximum atomic E-state index is 5.01. The zero-order valence-corrected chi connectivity index (χ0v) is 9.70. The van der Waals surface area contributed by atoms with E-state index in [-0.39, 0.29) is 0 Å². The molecule has 1 aliphatic heterocycles. The standard InChI is InChI=1S/C12H19N3O/c1-16-12-5-4-11(9-15-12)14-8-10-3-2-6-13-7-10/h4-5,9-10,13-14H,2-3,6-8H2,1H3. The average molecular weight is 221 g/mol. The third kappa shape index (κ3) is 3.10. The predicted molar refractivity (Wildman–Crippen MR) is 64.9 cm³/mol. The molecule has 88 valence electrons. The molecule has 1 unspecified atom stereocenters. The highest BCUT2D eigenvalue weighted by Crippen LogP contribution is 2.14. The van der Waals surface area contributed by atoms with Gasteiger partial charge in [-0.15, -0.1) is 0 Å². The van der Waals surface area contributed by atoms with E-state index in [1.807, 2.05) is 18.3 Å². The van der Waals surface area contributed by atoms with E-state index in [1.165, 1.54) is 19.4 Å². The molecule has 1 aromatic heterocycles. The second-order valence-electron chi connectivity index (χ2n) is 4.18. The van der Waals surface area contributed by atoms with Crippen molar-refractivity contribution in [2.75, 3.05) is 32.1 Å². The van der Waals surface area contributed by atoms with Crippen LogP contribution in [0.3, 0.4) is 0 Å². The Morgan fingerprint density at radius 3 is 3.12 bits per heavy atom. The van der Waals surface area contributed by atoms with Crippen LogP contribution in [0.15, 0.2) is 18.3 Å². The lowest BCUT2D eigenvalue weighted by Gasteiger charge is -2.23. The molecule has 0 radical (unpaired) electrons. The van der Waals surface area contributed by atoms with Crippen LogP contribution >= 0.6 is 0 Å². The quantitative estimate of drug-likeness (QED) is 0.809. The molecule has 2 heterocycles. The minimum Gasteiger partial charge on any atom is -0.481 e. The smallest absolute Gasteiger partial charge is 0.213 e. The van der Waals surface area contributed by atoms with E-state index in [0.29, 0.717) is 5.88 Å². The summed E-state index contributed by atoms with van der Waals surface area (Å²) in [6.45, 7) is 3.30. The first-order valence-corrected chi connectivity index (χ1v) is 5.83. The van der Waals surface area contributed by atoms with Gasteiger partial charge in [-0.25, -0.2) is 4.98 Å². The van der Waals surface area contributed by atoms with E-state index >= 15 is 0 Å². The Hall–Kier alpha value is -1.29. The molecule has 1 atom stereocenters. The zero-order valence-electron chi connectivity index (χ0n) is 9.70. The molecule has 1 aliphatic rings. The molecule has 1 aromatic rings. The number of methoxy groups -OCH3 is 1. The number of piperidine rings is 1. The number of nitrogens with zero attached hydrogens (tertiary/aromatic N) is 1. The van der Waals surface area contributed by atoms with Gasteiger partial charge in [0, 0.05) is 12.6 Å². The van der Waals surface area contributed by atoms with Crippen LogP contribution in [0.4, 0.5) is 5.69 Å². The van der Waals surface area contributed by atoms with Crippen molar-refractivity contribution in [2.45, 2.75) is 12.8 Å². The van der Waals surface area contributed by atoms with Crippen molar-refractivity contribution >= 4 is 5.69 Å². The molecule has 2 rings (SSSR count). The van der Waals surface area contributed by atoms with E-state index in [0.717, 1.165) is 24.7 Å². The number of hydrogen-bond acceptors (Lipinski definition) is 4. The van der Waals surface area contributed by atoms with Crippen LogP contribution in [-0.4, -0.2) is 31.7 Å². The maximum Gasteiger partial charge on any atom is 0.213 e. The van der Waals surface area contributed by atoms with Gasteiger partial charge in [0.2, 0.25) is 5.88 Å². The summed E-state index contributed by atoms with van der Waals surface area (Å²) in [5.74, 6) is 1.39. The van der Waals surface area contributed by atoms with Crippen LogP contribution in [0.25, 0.3) is 0 Å². The Morgan fingerprint density at radius 1 is 1.56 bits per heavy atom. The van der Waals surface area contributed by atoms with E-state index in [2.05, 4.69) is 15.6 Å². The first kappa shape index (κ1) is 11.2. The number of ether oxygens (including phenoxy) is 1. The monoisotopic (exact) mass is 221 g/mol. The lowest BCUT2D eigenvalue weighted by atomic mass is 10.00. The van der Waals surface area contributed by atoms with Crippen molar-refractivity contribution in [3.8, 4) is 5.88 Å². The van der Waals surface area contributed by atoms with Crippen LogP contribution in [0.1, 0.15) is 12.8 Å². The van der Waals surface area contributed by atoms with Crippen molar-refractivity contribution in [3.63, 3.8) is 0 Å². The molecule has 0 aromatic carbocycles. The van der Waals surface area contributed by atoms with Crippen molar-refractivity contribution in [1.82, 2.24) is 10.3 Å². The highest BCUT2D eigenvalue weighted by molar-refractivity contribution is 5.41.